The van der Waals surface area contributed by atoms with Crippen LogP contribution in [0.25, 0.3) is 22.4 Å². The van der Waals surface area contributed by atoms with Gasteiger partial charge in [0.25, 0.3) is 0 Å². The van der Waals surface area contributed by atoms with Crippen LogP contribution in [0.5, 0.6) is 0 Å². The Balaban J connectivity index is 1.54. The van der Waals surface area contributed by atoms with E-state index in [2.05, 4.69) is 22.2 Å². The first-order valence-electron chi connectivity index (χ1n) is 7.57. The summed E-state index contributed by atoms with van der Waals surface area (Å²) in [5.41, 5.74) is 3.83. The summed E-state index contributed by atoms with van der Waals surface area (Å²) in [6.45, 7) is 2.11. The lowest BCUT2D eigenvalue weighted by Crippen LogP contribution is -2.14. The van der Waals surface area contributed by atoms with Crippen molar-refractivity contribution in [1.82, 2.24) is 9.97 Å². The molecular formula is C18H17N3O. The Morgan fingerprint density at radius 1 is 1.18 bits per heavy atom. The van der Waals surface area contributed by atoms with Gasteiger partial charge in [-0.15, -0.1) is 0 Å². The maximum atomic E-state index is 11.9. The van der Waals surface area contributed by atoms with Crippen LogP contribution in [0, 0.1) is 11.8 Å². The number of hydrogen-bond acceptors (Lipinski definition) is 2. The average molecular weight is 291 g/mol. The SMILES string of the molecule is C[C@H]1C[C@@H]1C(=O)Nc1ccc(-c2nc3ccccc3[nH]2)cc1. The number of imidazole rings is 1. The molecule has 0 bridgehead atoms. The topological polar surface area (TPSA) is 57.8 Å². The van der Waals surface area contributed by atoms with Gasteiger partial charge in [0.1, 0.15) is 5.82 Å². The lowest BCUT2D eigenvalue weighted by atomic mass is 10.2. The Morgan fingerprint density at radius 2 is 1.91 bits per heavy atom. The number of aromatic amines is 1. The van der Waals surface area contributed by atoms with Gasteiger partial charge in [0.15, 0.2) is 0 Å². The number of H-pyrrole nitrogens is 1. The second-order valence-corrected chi connectivity index (χ2v) is 5.99. The fourth-order valence-electron chi connectivity index (χ4n) is 2.72. The summed E-state index contributed by atoms with van der Waals surface area (Å²) in [6, 6.07) is 15.8. The molecule has 1 fully saturated rings. The summed E-state index contributed by atoms with van der Waals surface area (Å²) < 4.78 is 0. The second-order valence-electron chi connectivity index (χ2n) is 5.99. The zero-order chi connectivity index (χ0) is 15.1. The molecule has 2 N–H and O–H groups in total. The first kappa shape index (κ1) is 13.1. The minimum absolute atomic E-state index is 0.129. The molecule has 0 aliphatic heterocycles. The highest BCUT2D eigenvalue weighted by atomic mass is 16.2. The van der Waals surface area contributed by atoms with Gasteiger partial charge < -0.3 is 10.3 Å². The van der Waals surface area contributed by atoms with Gasteiger partial charge >= 0.3 is 0 Å². The zero-order valence-corrected chi connectivity index (χ0v) is 12.3. The van der Waals surface area contributed by atoms with Gasteiger partial charge in [0.2, 0.25) is 5.91 Å². The molecule has 1 saturated carbocycles. The molecular weight excluding hydrogens is 274 g/mol. The second kappa shape index (κ2) is 4.98. The van der Waals surface area contributed by atoms with E-state index in [1.165, 1.54) is 0 Å². The number of carbonyl (C=O) groups is 1. The lowest BCUT2D eigenvalue weighted by Gasteiger charge is -2.05. The molecule has 1 amide bonds. The zero-order valence-electron chi connectivity index (χ0n) is 12.3. The van der Waals surface area contributed by atoms with Crippen LogP contribution in [0.15, 0.2) is 48.5 Å². The predicted octanol–water partition coefficient (Wildman–Crippen LogP) is 3.82. The normalized spacial score (nSPS) is 20.0. The number of nitrogens with one attached hydrogen (secondary N) is 2. The van der Waals surface area contributed by atoms with E-state index in [9.17, 15) is 4.79 Å². The molecule has 2 atom stereocenters. The highest BCUT2D eigenvalue weighted by Crippen LogP contribution is 2.38. The Bertz CT molecular complexity index is 802. The van der Waals surface area contributed by atoms with Gasteiger partial charge in [-0.3, -0.25) is 4.79 Å². The number of benzene rings is 2. The van der Waals surface area contributed by atoms with E-state index in [0.29, 0.717) is 5.92 Å². The van der Waals surface area contributed by atoms with Crippen molar-refractivity contribution < 1.29 is 4.79 Å². The summed E-state index contributed by atoms with van der Waals surface area (Å²) in [7, 11) is 0. The number of para-hydroxylation sites is 2. The van der Waals surface area contributed by atoms with Gasteiger partial charge in [-0.25, -0.2) is 4.98 Å². The first-order valence-corrected chi connectivity index (χ1v) is 7.57. The lowest BCUT2D eigenvalue weighted by molar-refractivity contribution is -0.117. The Hall–Kier alpha value is -2.62. The smallest absolute Gasteiger partial charge is 0.227 e. The maximum Gasteiger partial charge on any atom is 0.227 e. The number of hydrogen-bond donors (Lipinski definition) is 2. The number of fused-ring (bicyclic) bond motifs is 1. The standard InChI is InChI=1S/C18H17N3O/c1-11-10-14(11)18(22)19-13-8-6-12(7-9-13)17-20-15-4-2-3-5-16(15)21-17/h2-9,11,14H,10H2,1H3,(H,19,22)(H,20,21)/t11-,14-/m0/s1. The minimum atomic E-state index is 0.129. The molecule has 1 aliphatic rings. The molecule has 0 radical (unpaired) electrons. The molecule has 1 aliphatic carbocycles. The molecule has 4 heteroatoms. The number of amides is 1. The van der Waals surface area contributed by atoms with E-state index in [1.54, 1.807) is 0 Å². The van der Waals surface area contributed by atoms with Crippen molar-refractivity contribution in [2.24, 2.45) is 11.8 Å². The van der Waals surface area contributed by atoms with Crippen LogP contribution in [0.4, 0.5) is 5.69 Å². The van der Waals surface area contributed by atoms with Gasteiger partial charge in [0.05, 0.1) is 11.0 Å². The predicted molar refractivity (Wildman–Crippen MR) is 87.4 cm³/mol. The van der Waals surface area contributed by atoms with Gasteiger partial charge in [-0.05, 0) is 48.7 Å². The molecule has 110 valence electrons. The Kier molecular flexibility index (Phi) is 2.96. The summed E-state index contributed by atoms with van der Waals surface area (Å²) in [6.07, 6.45) is 1.00. The molecule has 0 spiro atoms. The highest BCUT2D eigenvalue weighted by Gasteiger charge is 2.38. The van der Waals surface area contributed by atoms with Gasteiger partial charge in [0, 0.05) is 17.2 Å². The van der Waals surface area contributed by atoms with E-state index in [-0.39, 0.29) is 11.8 Å². The molecule has 0 saturated heterocycles. The van der Waals surface area contributed by atoms with Crippen LogP contribution in [-0.4, -0.2) is 15.9 Å². The molecule has 4 rings (SSSR count). The van der Waals surface area contributed by atoms with Crippen molar-refractivity contribution in [1.29, 1.82) is 0 Å². The number of carbonyl (C=O) groups excluding carboxylic acids is 1. The fourth-order valence-corrected chi connectivity index (χ4v) is 2.72. The van der Waals surface area contributed by atoms with Crippen LogP contribution in [-0.2, 0) is 4.79 Å². The Labute approximate surface area is 128 Å². The van der Waals surface area contributed by atoms with Crippen LogP contribution < -0.4 is 5.32 Å². The molecule has 0 unspecified atom stereocenters. The summed E-state index contributed by atoms with van der Waals surface area (Å²) in [5.74, 6) is 1.68. The molecule has 4 nitrogen and oxygen atoms in total. The third kappa shape index (κ3) is 2.37. The number of aromatic nitrogens is 2. The van der Waals surface area contributed by atoms with Crippen molar-refractivity contribution >= 4 is 22.6 Å². The van der Waals surface area contributed by atoms with E-state index in [4.69, 9.17) is 0 Å². The first-order chi connectivity index (χ1) is 10.7. The minimum Gasteiger partial charge on any atom is -0.338 e. The van der Waals surface area contributed by atoms with Gasteiger partial charge in [-0.2, -0.15) is 0 Å². The monoisotopic (exact) mass is 291 g/mol. The summed E-state index contributed by atoms with van der Waals surface area (Å²) in [5, 5.41) is 2.97. The maximum absolute atomic E-state index is 11.9. The van der Waals surface area contributed by atoms with Crippen molar-refractivity contribution in [3.05, 3.63) is 48.5 Å². The quantitative estimate of drug-likeness (QED) is 0.770. The van der Waals surface area contributed by atoms with Crippen LogP contribution in [0.3, 0.4) is 0 Å². The van der Waals surface area contributed by atoms with Crippen molar-refractivity contribution in [3.8, 4) is 11.4 Å². The van der Waals surface area contributed by atoms with E-state index in [0.717, 1.165) is 34.5 Å². The van der Waals surface area contributed by atoms with Crippen LogP contribution in [0.1, 0.15) is 13.3 Å². The van der Waals surface area contributed by atoms with Crippen molar-refractivity contribution in [2.45, 2.75) is 13.3 Å². The van der Waals surface area contributed by atoms with Crippen molar-refractivity contribution in [2.75, 3.05) is 5.32 Å². The van der Waals surface area contributed by atoms with Crippen molar-refractivity contribution in [3.63, 3.8) is 0 Å². The Morgan fingerprint density at radius 3 is 2.59 bits per heavy atom. The number of nitrogens with zero attached hydrogens (tertiary/aromatic N) is 1. The van der Waals surface area contributed by atoms with Crippen LogP contribution in [0.2, 0.25) is 0 Å². The fraction of sp³-hybridized carbons (Fsp3) is 0.222. The number of anilines is 1. The molecule has 1 heterocycles. The van der Waals surface area contributed by atoms with Gasteiger partial charge in [-0.1, -0.05) is 19.1 Å². The van der Waals surface area contributed by atoms with E-state index >= 15 is 0 Å². The average Bonchev–Trinajstić information content (AvgIpc) is 3.11. The third-order valence-corrected chi connectivity index (χ3v) is 4.26. The highest BCUT2D eigenvalue weighted by molar-refractivity contribution is 5.94. The van der Waals surface area contributed by atoms with Crippen LogP contribution >= 0.6 is 0 Å². The summed E-state index contributed by atoms with van der Waals surface area (Å²) in [4.78, 5) is 19.8. The largest absolute Gasteiger partial charge is 0.338 e. The molecule has 22 heavy (non-hydrogen) atoms. The summed E-state index contributed by atoms with van der Waals surface area (Å²) >= 11 is 0. The third-order valence-electron chi connectivity index (χ3n) is 4.26. The molecule has 1 aromatic heterocycles. The molecule has 3 aromatic rings. The molecule has 2 aromatic carbocycles. The van der Waals surface area contributed by atoms with E-state index in [1.807, 2.05) is 48.5 Å². The van der Waals surface area contributed by atoms with E-state index < -0.39 is 0 Å². The number of rotatable bonds is 3.